The molecule has 3 heterocycles. The van der Waals surface area contributed by atoms with Crippen LogP contribution in [0.3, 0.4) is 0 Å². The molecule has 5 nitrogen and oxygen atoms in total. The van der Waals surface area contributed by atoms with Crippen molar-refractivity contribution in [3.63, 3.8) is 0 Å². The number of benzene rings is 1. The van der Waals surface area contributed by atoms with E-state index < -0.39 is 17.4 Å². The molecule has 0 saturated heterocycles. The summed E-state index contributed by atoms with van der Waals surface area (Å²) < 4.78 is 41.3. The maximum Gasteiger partial charge on any atom is 0.287 e. The van der Waals surface area contributed by atoms with Gasteiger partial charge in [-0.05, 0) is 42.0 Å². The second-order valence-corrected chi connectivity index (χ2v) is 6.82. The summed E-state index contributed by atoms with van der Waals surface area (Å²) in [6, 6.07) is 8.22. The van der Waals surface area contributed by atoms with E-state index in [0.29, 0.717) is 33.4 Å². The SMILES string of the molecule is CC(F)(F)c1cc(-c2c(-c3ccc(F)cc3)nc(N)c3nccnc23)cc(Cl)n1. The highest BCUT2D eigenvalue weighted by Crippen LogP contribution is 2.39. The van der Waals surface area contributed by atoms with Gasteiger partial charge in [-0.1, -0.05) is 11.6 Å². The molecule has 4 rings (SSSR count). The summed E-state index contributed by atoms with van der Waals surface area (Å²) in [5.74, 6) is -3.53. The number of nitrogen functional groups attached to an aromatic ring is 1. The summed E-state index contributed by atoms with van der Waals surface area (Å²) in [4.78, 5) is 16.7. The van der Waals surface area contributed by atoms with Crippen LogP contribution in [0, 0.1) is 5.82 Å². The standard InChI is InChI=1S/C20H13ClF3N5/c1-20(23,24)13-8-11(9-14(21)28-13)15-16(10-2-4-12(22)5-3-10)29-19(25)18-17(15)26-6-7-27-18/h2-9H,1H3,(H2,25,29). The molecule has 2 N–H and O–H groups in total. The maximum absolute atomic E-state index is 13.9. The minimum absolute atomic E-state index is 0.109. The van der Waals surface area contributed by atoms with Crippen molar-refractivity contribution in [3.05, 3.63) is 65.5 Å². The summed E-state index contributed by atoms with van der Waals surface area (Å²) in [6.45, 7) is 0.732. The van der Waals surface area contributed by atoms with Crippen molar-refractivity contribution in [2.45, 2.75) is 12.8 Å². The van der Waals surface area contributed by atoms with E-state index in [4.69, 9.17) is 17.3 Å². The normalized spacial score (nSPS) is 11.8. The van der Waals surface area contributed by atoms with Crippen LogP contribution < -0.4 is 5.73 Å². The highest BCUT2D eigenvalue weighted by Gasteiger charge is 2.28. The number of fused-ring (bicyclic) bond motifs is 1. The molecule has 3 aromatic heterocycles. The van der Waals surface area contributed by atoms with E-state index in [2.05, 4.69) is 19.9 Å². The Bertz CT molecular complexity index is 1220. The number of rotatable bonds is 3. The molecule has 9 heteroatoms. The molecule has 0 aliphatic rings. The first kappa shape index (κ1) is 19.1. The van der Waals surface area contributed by atoms with Crippen LogP contribution in [0.2, 0.25) is 5.15 Å². The summed E-state index contributed by atoms with van der Waals surface area (Å²) >= 11 is 6.03. The van der Waals surface area contributed by atoms with Crippen molar-refractivity contribution >= 4 is 28.5 Å². The number of hydrogen-bond acceptors (Lipinski definition) is 5. The predicted molar refractivity (Wildman–Crippen MR) is 105 cm³/mol. The first-order valence-corrected chi connectivity index (χ1v) is 8.84. The molecule has 0 radical (unpaired) electrons. The van der Waals surface area contributed by atoms with Gasteiger partial charge in [-0.15, -0.1) is 0 Å². The van der Waals surface area contributed by atoms with Crippen molar-refractivity contribution < 1.29 is 13.2 Å². The molecule has 0 atom stereocenters. The first-order valence-electron chi connectivity index (χ1n) is 8.46. The zero-order valence-electron chi connectivity index (χ0n) is 15.0. The lowest BCUT2D eigenvalue weighted by Gasteiger charge is -2.16. The van der Waals surface area contributed by atoms with E-state index in [1.807, 2.05) is 0 Å². The van der Waals surface area contributed by atoms with Gasteiger partial charge in [0.15, 0.2) is 5.82 Å². The molecule has 0 aliphatic carbocycles. The Morgan fingerprint density at radius 3 is 2.24 bits per heavy atom. The number of hydrogen-bond donors (Lipinski definition) is 1. The van der Waals surface area contributed by atoms with Gasteiger partial charge in [0.1, 0.15) is 27.7 Å². The molecule has 0 fully saturated rings. The van der Waals surface area contributed by atoms with Crippen LogP contribution in [-0.4, -0.2) is 19.9 Å². The Morgan fingerprint density at radius 2 is 1.59 bits per heavy atom. The van der Waals surface area contributed by atoms with Crippen LogP contribution in [-0.2, 0) is 5.92 Å². The monoisotopic (exact) mass is 415 g/mol. The Labute approximate surface area is 168 Å². The Morgan fingerprint density at radius 1 is 0.931 bits per heavy atom. The topological polar surface area (TPSA) is 77.6 Å². The Balaban J connectivity index is 2.10. The van der Waals surface area contributed by atoms with Gasteiger partial charge >= 0.3 is 0 Å². The minimum Gasteiger partial charge on any atom is -0.382 e. The van der Waals surface area contributed by atoms with Gasteiger partial charge in [0.05, 0.1) is 5.69 Å². The second kappa shape index (κ2) is 6.97. The zero-order chi connectivity index (χ0) is 20.8. The van der Waals surface area contributed by atoms with Crippen molar-refractivity contribution in [1.82, 2.24) is 19.9 Å². The fourth-order valence-corrected chi connectivity index (χ4v) is 3.21. The van der Waals surface area contributed by atoms with E-state index in [1.165, 1.54) is 48.8 Å². The Kier molecular flexibility index (Phi) is 4.58. The van der Waals surface area contributed by atoms with Gasteiger partial charge in [-0.3, -0.25) is 4.98 Å². The maximum atomic E-state index is 13.9. The van der Waals surface area contributed by atoms with Gasteiger partial charge in [0.2, 0.25) is 0 Å². The number of nitrogens with zero attached hydrogens (tertiary/aromatic N) is 4. The largest absolute Gasteiger partial charge is 0.382 e. The van der Waals surface area contributed by atoms with Crippen molar-refractivity contribution in [2.24, 2.45) is 0 Å². The van der Waals surface area contributed by atoms with Crippen LogP contribution in [0.1, 0.15) is 12.6 Å². The lowest BCUT2D eigenvalue weighted by atomic mass is 9.97. The smallest absolute Gasteiger partial charge is 0.287 e. The lowest BCUT2D eigenvalue weighted by Crippen LogP contribution is -2.10. The van der Waals surface area contributed by atoms with Crippen LogP contribution in [0.4, 0.5) is 19.0 Å². The van der Waals surface area contributed by atoms with Crippen LogP contribution >= 0.6 is 11.6 Å². The number of aromatic nitrogens is 4. The zero-order valence-corrected chi connectivity index (χ0v) is 15.8. The quantitative estimate of drug-likeness (QED) is 0.463. The third kappa shape index (κ3) is 3.58. The predicted octanol–water partition coefficient (Wildman–Crippen LogP) is 5.24. The summed E-state index contributed by atoms with van der Waals surface area (Å²) in [5, 5.41) is -0.113. The van der Waals surface area contributed by atoms with Gasteiger partial charge in [0, 0.05) is 30.4 Å². The van der Waals surface area contributed by atoms with Crippen molar-refractivity contribution in [1.29, 1.82) is 0 Å². The van der Waals surface area contributed by atoms with E-state index in [9.17, 15) is 13.2 Å². The number of nitrogens with two attached hydrogens (primary N) is 1. The van der Waals surface area contributed by atoms with Crippen LogP contribution in [0.25, 0.3) is 33.4 Å². The number of alkyl halides is 2. The third-order valence-electron chi connectivity index (χ3n) is 4.30. The molecule has 0 spiro atoms. The summed E-state index contributed by atoms with van der Waals surface area (Å²) in [7, 11) is 0. The van der Waals surface area contributed by atoms with Crippen molar-refractivity contribution in [2.75, 3.05) is 5.73 Å². The van der Waals surface area contributed by atoms with Gasteiger partial charge in [0.25, 0.3) is 5.92 Å². The van der Waals surface area contributed by atoms with Gasteiger partial charge in [-0.25, -0.2) is 19.3 Å². The van der Waals surface area contributed by atoms with Crippen molar-refractivity contribution in [3.8, 4) is 22.4 Å². The van der Waals surface area contributed by atoms with E-state index in [1.54, 1.807) is 0 Å². The second-order valence-electron chi connectivity index (χ2n) is 6.43. The highest BCUT2D eigenvalue weighted by molar-refractivity contribution is 6.29. The first-order chi connectivity index (χ1) is 13.7. The van der Waals surface area contributed by atoms with Crippen LogP contribution in [0.5, 0.6) is 0 Å². The molecule has 0 bridgehead atoms. The van der Waals surface area contributed by atoms with Crippen LogP contribution in [0.15, 0.2) is 48.8 Å². The van der Waals surface area contributed by atoms with E-state index in [-0.39, 0.29) is 11.0 Å². The Hall–Kier alpha value is -3.26. The highest BCUT2D eigenvalue weighted by atomic mass is 35.5. The van der Waals surface area contributed by atoms with E-state index >= 15 is 0 Å². The van der Waals surface area contributed by atoms with Gasteiger partial charge < -0.3 is 5.73 Å². The summed E-state index contributed by atoms with van der Waals surface area (Å²) in [5.41, 5.74) is 7.79. The molecule has 0 amide bonds. The molecular weight excluding hydrogens is 403 g/mol. The molecule has 146 valence electrons. The number of halogens is 4. The minimum atomic E-state index is -3.21. The molecule has 4 aromatic rings. The third-order valence-corrected chi connectivity index (χ3v) is 4.49. The molecule has 0 aliphatic heterocycles. The molecular formula is C20H13ClF3N5. The fourth-order valence-electron chi connectivity index (χ4n) is 3.01. The average Bonchev–Trinajstić information content (AvgIpc) is 2.67. The fraction of sp³-hybridized carbons (Fsp3) is 0.100. The lowest BCUT2D eigenvalue weighted by molar-refractivity contribution is 0.0128. The molecule has 29 heavy (non-hydrogen) atoms. The molecule has 0 saturated carbocycles. The average molecular weight is 416 g/mol. The molecule has 0 unspecified atom stereocenters. The van der Waals surface area contributed by atoms with Gasteiger partial charge in [-0.2, -0.15) is 8.78 Å². The van der Waals surface area contributed by atoms with E-state index in [0.717, 1.165) is 6.92 Å². The number of anilines is 1. The summed E-state index contributed by atoms with van der Waals surface area (Å²) in [6.07, 6.45) is 2.91. The number of pyridine rings is 2. The molecule has 1 aromatic carbocycles.